The van der Waals surface area contributed by atoms with Gasteiger partial charge in [-0.2, -0.15) is 0 Å². The normalized spacial score (nSPS) is 15.3. The number of nitrogens with one attached hydrogen (secondary N) is 8. The number of aromatic nitrogens is 3. The number of H-pyrrole nitrogens is 2. The van der Waals surface area contributed by atoms with Gasteiger partial charge in [0, 0.05) is 48.8 Å². The number of aliphatic carboxylic acids is 2. The maximum absolute atomic E-state index is 14.0. The summed E-state index contributed by atoms with van der Waals surface area (Å²) in [6.07, 6.45) is 4.50. The van der Waals surface area contributed by atoms with Crippen LogP contribution in [0.2, 0.25) is 0 Å². The molecule has 0 aliphatic heterocycles. The van der Waals surface area contributed by atoms with E-state index in [9.17, 15) is 48.6 Å². The number of benzene rings is 1. The molecule has 19 nitrogen and oxygen atoms in total. The lowest BCUT2D eigenvalue weighted by Gasteiger charge is -2.30. The highest BCUT2D eigenvalue weighted by Crippen LogP contribution is 2.20. The minimum absolute atomic E-state index is 0.0231. The van der Waals surface area contributed by atoms with Gasteiger partial charge >= 0.3 is 11.9 Å². The number of carbonyl (C=O) groups excluding carboxylic acids is 6. The third-order valence-electron chi connectivity index (χ3n) is 10.3. The monoisotopic (exact) mass is 837 g/mol. The molecule has 328 valence electrons. The largest absolute Gasteiger partial charge is 0.481 e. The van der Waals surface area contributed by atoms with E-state index in [-0.39, 0.29) is 25.2 Å². The summed E-state index contributed by atoms with van der Waals surface area (Å²) in [5.74, 6) is -8.55. The first kappa shape index (κ1) is 48.1. The van der Waals surface area contributed by atoms with Crippen LogP contribution in [-0.4, -0.2) is 109 Å². The number of carbonyl (C=O) groups is 8. The molecule has 3 aromatic rings. The van der Waals surface area contributed by atoms with Crippen molar-refractivity contribution in [2.75, 3.05) is 0 Å². The fourth-order valence-corrected chi connectivity index (χ4v) is 6.59. The van der Waals surface area contributed by atoms with Crippen LogP contribution >= 0.6 is 0 Å². The molecule has 19 heteroatoms. The molecule has 0 aliphatic rings. The van der Waals surface area contributed by atoms with Crippen molar-refractivity contribution in [3.8, 4) is 0 Å². The number of hydrogen-bond donors (Lipinski definition) is 10. The van der Waals surface area contributed by atoms with Crippen LogP contribution in [-0.2, 0) is 51.2 Å². The summed E-state index contributed by atoms with van der Waals surface area (Å²) in [6.45, 7) is 11.7. The Labute approximate surface area is 348 Å². The van der Waals surface area contributed by atoms with Crippen LogP contribution in [0.1, 0.15) is 85.4 Å². The predicted octanol–water partition coefficient (Wildman–Crippen LogP) is 1.30. The van der Waals surface area contributed by atoms with Gasteiger partial charge in [0.05, 0.1) is 12.7 Å². The fourth-order valence-electron chi connectivity index (χ4n) is 6.59. The van der Waals surface area contributed by atoms with Crippen LogP contribution in [0.3, 0.4) is 0 Å². The molecule has 0 spiro atoms. The number of para-hydroxylation sites is 1. The number of imidazole rings is 1. The molecular weight excluding hydrogens is 779 g/mol. The number of rotatable bonds is 24. The lowest BCUT2D eigenvalue weighted by atomic mass is 9.94. The zero-order chi connectivity index (χ0) is 44.7. The van der Waals surface area contributed by atoms with Crippen molar-refractivity contribution in [2.24, 2.45) is 17.8 Å². The molecule has 10 N–H and O–H groups in total. The summed E-state index contributed by atoms with van der Waals surface area (Å²) in [5, 5.41) is 36.0. The van der Waals surface area contributed by atoms with Gasteiger partial charge in [0.15, 0.2) is 0 Å². The third kappa shape index (κ3) is 14.2. The summed E-state index contributed by atoms with van der Waals surface area (Å²) in [6, 6.07) is -0.626. The topological polar surface area (TPSA) is 294 Å². The molecule has 0 aliphatic carbocycles. The Balaban J connectivity index is 1.81. The lowest BCUT2D eigenvalue weighted by Crippen LogP contribution is -2.61. The standard InChI is InChI=1S/C41H59N9O10/c1-8-22(5)34(39(57)48-32(41(59)60)15-25-18-43-28-13-11-10-12-27(25)28)50-40(58)35(23(6)9-2)49-38(56)31(17-33(52)53)47-36(54)29(14-21(3)4)46-37(55)30(45-24(7)51)16-26-19-42-20-44-26/h10-13,18-23,29-32,34-35,43H,8-9,14-17H2,1-7H3,(H,42,44)(H,45,51)(H,46,55)(H,47,54)(H,48,57)(H,49,56)(H,50,58)(H,52,53)(H,59,60)/t22-,23-,29-,30-,31+,32-,34-,35-/m0/s1. The Bertz CT molecular complexity index is 1960. The zero-order valence-corrected chi connectivity index (χ0v) is 35.1. The van der Waals surface area contributed by atoms with E-state index in [1.807, 2.05) is 24.3 Å². The van der Waals surface area contributed by atoms with Gasteiger partial charge in [-0.1, -0.05) is 72.6 Å². The molecule has 2 heterocycles. The summed E-state index contributed by atoms with van der Waals surface area (Å²) in [4.78, 5) is 115. The Hall–Kier alpha value is -6.27. The van der Waals surface area contributed by atoms with Gasteiger partial charge in [-0.25, -0.2) is 9.78 Å². The highest BCUT2D eigenvalue weighted by Gasteiger charge is 2.37. The number of hydrogen-bond acceptors (Lipinski definition) is 9. The molecular formula is C41H59N9O10. The molecule has 1 aromatic carbocycles. The number of aromatic amines is 2. The summed E-state index contributed by atoms with van der Waals surface area (Å²) >= 11 is 0. The molecule has 8 atom stereocenters. The summed E-state index contributed by atoms with van der Waals surface area (Å²) in [5.41, 5.74) is 2.00. The fraction of sp³-hybridized carbons (Fsp3) is 0.537. The summed E-state index contributed by atoms with van der Waals surface area (Å²) in [7, 11) is 0. The molecule has 6 amide bonds. The molecule has 0 unspecified atom stereocenters. The van der Waals surface area contributed by atoms with Crippen LogP contribution in [0.15, 0.2) is 43.0 Å². The second-order valence-electron chi connectivity index (χ2n) is 15.6. The maximum atomic E-state index is 14.0. The molecule has 60 heavy (non-hydrogen) atoms. The Morgan fingerprint density at radius 1 is 0.667 bits per heavy atom. The molecule has 0 saturated carbocycles. The van der Waals surface area contributed by atoms with Gasteiger partial charge in [0.25, 0.3) is 0 Å². The zero-order valence-electron chi connectivity index (χ0n) is 35.1. The van der Waals surface area contributed by atoms with E-state index in [1.165, 1.54) is 19.4 Å². The third-order valence-corrected chi connectivity index (χ3v) is 10.3. The van der Waals surface area contributed by atoms with Crippen LogP contribution < -0.4 is 31.9 Å². The quantitative estimate of drug-likeness (QED) is 0.0614. The Morgan fingerprint density at radius 2 is 1.22 bits per heavy atom. The first-order chi connectivity index (χ1) is 28.3. The number of carboxylic acids is 2. The van der Waals surface area contributed by atoms with E-state index < -0.39 is 102 Å². The van der Waals surface area contributed by atoms with E-state index in [4.69, 9.17) is 0 Å². The van der Waals surface area contributed by atoms with Crippen molar-refractivity contribution >= 4 is 58.3 Å². The van der Waals surface area contributed by atoms with E-state index in [1.54, 1.807) is 47.7 Å². The van der Waals surface area contributed by atoms with E-state index in [0.29, 0.717) is 24.1 Å². The Kier molecular flexibility index (Phi) is 18.3. The molecule has 0 fully saturated rings. The maximum Gasteiger partial charge on any atom is 0.326 e. The van der Waals surface area contributed by atoms with Gasteiger partial charge in [0.2, 0.25) is 35.4 Å². The highest BCUT2D eigenvalue weighted by atomic mass is 16.4. The lowest BCUT2D eigenvalue weighted by molar-refractivity contribution is -0.142. The van der Waals surface area contributed by atoms with Crippen molar-refractivity contribution in [2.45, 2.75) is 123 Å². The molecule has 3 rings (SSSR count). The summed E-state index contributed by atoms with van der Waals surface area (Å²) < 4.78 is 0. The van der Waals surface area contributed by atoms with Crippen LogP contribution in [0, 0.1) is 17.8 Å². The van der Waals surface area contributed by atoms with Gasteiger partial charge in [-0.15, -0.1) is 0 Å². The minimum atomic E-state index is -1.70. The average Bonchev–Trinajstić information content (AvgIpc) is 3.86. The minimum Gasteiger partial charge on any atom is -0.481 e. The second kappa shape index (κ2) is 22.8. The first-order valence-electron chi connectivity index (χ1n) is 20.1. The smallest absolute Gasteiger partial charge is 0.326 e. The number of nitrogens with zero attached hydrogens (tertiary/aromatic N) is 1. The van der Waals surface area contributed by atoms with Gasteiger partial charge in [-0.05, 0) is 35.8 Å². The number of amides is 6. The van der Waals surface area contributed by atoms with Crippen molar-refractivity contribution < 1.29 is 48.6 Å². The SMILES string of the molecule is CC[C@H](C)[C@H](NC(=O)[C@@H](NC(=O)[C@@H](CC(=O)O)NC(=O)[C@H](CC(C)C)NC(=O)[C@H](Cc1cnc[nH]1)NC(C)=O)[C@@H](C)CC)C(=O)N[C@@H](Cc1c[nH]c2ccccc12)C(=O)O. The van der Waals surface area contributed by atoms with Crippen LogP contribution in [0.5, 0.6) is 0 Å². The van der Waals surface area contributed by atoms with Crippen molar-refractivity contribution in [3.63, 3.8) is 0 Å². The molecule has 0 radical (unpaired) electrons. The van der Waals surface area contributed by atoms with Crippen molar-refractivity contribution in [1.29, 1.82) is 0 Å². The second-order valence-corrected chi connectivity index (χ2v) is 15.6. The molecule has 0 bridgehead atoms. The van der Waals surface area contributed by atoms with Gasteiger partial charge in [-0.3, -0.25) is 33.6 Å². The van der Waals surface area contributed by atoms with Crippen LogP contribution in [0.4, 0.5) is 0 Å². The average molecular weight is 838 g/mol. The Morgan fingerprint density at radius 3 is 1.77 bits per heavy atom. The molecule has 2 aromatic heterocycles. The van der Waals surface area contributed by atoms with E-state index >= 15 is 0 Å². The van der Waals surface area contributed by atoms with Crippen molar-refractivity contribution in [1.82, 2.24) is 46.9 Å². The highest BCUT2D eigenvalue weighted by molar-refractivity contribution is 5.98. The number of carboxylic acid groups (broad SMARTS) is 2. The van der Waals surface area contributed by atoms with Crippen molar-refractivity contribution in [3.05, 3.63) is 54.2 Å². The van der Waals surface area contributed by atoms with E-state index in [2.05, 4.69) is 46.9 Å². The van der Waals surface area contributed by atoms with E-state index in [0.717, 1.165) is 10.9 Å². The first-order valence-corrected chi connectivity index (χ1v) is 20.1. The van der Waals surface area contributed by atoms with Gasteiger partial charge in [0.1, 0.15) is 36.3 Å². The van der Waals surface area contributed by atoms with Crippen LogP contribution in [0.25, 0.3) is 10.9 Å². The predicted molar refractivity (Wildman–Crippen MR) is 220 cm³/mol. The number of fused-ring (bicyclic) bond motifs is 1. The molecule has 0 saturated heterocycles. The van der Waals surface area contributed by atoms with Gasteiger partial charge < -0.3 is 52.1 Å².